The average Bonchev–Trinajstić information content (AvgIpc) is 2.42. The summed E-state index contributed by atoms with van der Waals surface area (Å²) in [5.41, 5.74) is 0.504. The van der Waals surface area contributed by atoms with Gasteiger partial charge in [0.15, 0.2) is 0 Å². The lowest BCUT2D eigenvalue weighted by molar-refractivity contribution is -0.193. The zero-order chi connectivity index (χ0) is 16.8. The molecule has 0 fully saturated rings. The quantitative estimate of drug-likeness (QED) is 0.487. The van der Waals surface area contributed by atoms with Crippen LogP contribution in [0.15, 0.2) is 24.3 Å². The molecule has 1 aromatic carbocycles. The molecular weight excluding hydrogens is 299 g/mol. The Bertz CT molecular complexity index is 612. The Hall–Kier alpha value is -2.33. The minimum Gasteiger partial charge on any atom is -0.383 e. The van der Waals surface area contributed by atoms with Crippen molar-refractivity contribution in [1.82, 2.24) is 4.90 Å². The first-order valence-electron chi connectivity index (χ1n) is 6.23. The number of nitrogens with zero attached hydrogens (tertiary/aromatic N) is 1. The smallest absolute Gasteiger partial charge is 0.383 e. The molecule has 0 spiro atoms. The van der Waals surface area contributed by atoms with Crippen LogP contribution in [0.25, 0.3) is 0 Å². The van der Waals surface area contributed by atoms with Gasteiger partial charge in [0.05, 0.1) is 12.1 Å². The van der Waals surface area contributed by atoms with Crippen molar-refractivity contribution >= 4 is 11.9 Å². The number of hydrogen-bond donors (Lipinski definition) is 0. The van der Waals surface area contributed by atoms with Gasteiger partial charge >= 0.3 is 18.1 Å². The van der Waals surface area contributed by atoms with Crippen LogP contribution in [0.5, 0.6) is 0 Å². The summed E-state index contributed by atoms with van der Waals surface area (Å²) in [6, 6.07) is 5.77. The van der Waals surface area contributed by atoms with Crippen LogP contribution < -0.4 is 0 Å². The van der Waals surface area contributed by atoms with Gasteiger partial charge in [0.2, 0.25) is 0 Å². The van der Waals surface area contributed by atoms with Crippen molar-refractivity contribution in [3.05, 3.63) is 35.4 Å². The summed E-state index contributed by atoms with van der Waals surface area (Å²) in [4.78, 5) is 24.0. The molecule has 0 radical (unpaired) electrons. The number of benzene rings is 1. The summed E-state index contributed by atoms with van der Waals surface area (Å²) in [6.45, 7) is 0.571. The molecule has 0 aliphatic heterocycles. The van der Waals surface area contributed by atoms with Gasteiger partial charge in [-0.1, -0.05) is 24.0 Å². The van der Waals surface area contributed by atoms with Crippen molar-refractivity contribution in [3.63, 3.8) is 0 Å². The van der Waals surface area contributed by atoms with Crippen molar-refractivity contribution in [2.24, 2.45) is 0 Å². The Labute approximate surface area is 125 Å². The molecular formula is C15H14F3NO3. The third kappa shape index (κ3) is 5.97. The Morgan fingerprint density at radius 2 is 1.91 bits per heavy atom. The fourth-order valence-electron chi connectivity index (χ4n) is 1.39. The summed E-state index contributed by atoms with van der Waals surface area (Å²) >= 11 is 0. The van der Waals surface area contributed by atoms with Gasteiger partial charge in [-0.05, 0) is 31.8 Å². The number of halogens is 3. The summed E-state index contributed by atoms with van der Waals surface area (Å²) < 4.78 is 39.8. The molecule has 1 aromatic rings. The highest BCUT2D eigenvalue weighted by molar-refractivity contribution is 5.98. The highest BCUT2D eigenvalue weighted by Crippen LogP contribution is 2.18. The van der Waals surface area contributed by atoms with Gasteiger partial charge < -0.3 is 4.74 Å². The first-order valence-corrected chi connectivity index (χ1v) is 6.23. The second-order valence-corrected chi connectivity index (χ2v) is 4.64. The van der Waals surface area contributed by atoms with E-state index in [-0.39, 0.29) is 5.56 Å². The van der Waals surface area contributed by atoms with Crippen LogP contribution in [0.1, 0.15) is 15.9 Å². The third-order valence-corrected chi connectivity index (χ3v) is 2.39. The van der Waals surface area contributed by atoms with E-state index < -0.39 is 18.1 Å². The largest absolute Gasteiger partial charge is 0.491 e. The fraction of sp³-hybridized carbons (Fsp3) is 0.333. The Kier molecular flexibility index (Phi) is 6.13. The van der Waals surface area contributed by atoms with Gasteiger partial charge in [-0.3, -0.25) is 4.90 Å². The predicted octanol–water partition coefficient (Wildman–Crippen LogP) is 2.04. The molecule has 0 bridgehead atoms. The maximum absolute atomic E-state index is 12.0. The minimum atomic E-state index is -5.20. The summed E-state index contributed by atoms with van der Waals surface area (Å²) in [7, 11) is 3.73. The minimum absolute atomic E-state index is 0.135. The number of esters is 2. The van der Waals surface area contributed by atoms with Crippen LogP contribution >= 0.6 is 0 Å². The Morgan fingerprint density at radius 1 is 1.23 bits per heavy atom. The summed E-state index contributed by atoms with van der Waals surface area (Å²) in [6.07, 6.45) is -4.87. The molecule has 4 nitrogen and oxygen atoms in total. The molecule has 1 rings (SSSR count). The van der Waals surface area contributed by atoms with Crippen LogP contribution in [0.3, 0.4) is 0 Å². The van der Waals surface area contributed by atoms with Crippen molar-refractivity contribution in [2.75, 3.05) is 20.6 Å². The van der Waals surface area contributed by atoms with E-state index in [9.17, 15) is 22.8 Å². The molecule has 118 valence electrons. The number of alkyl halides is 3. The van der Waals surface area contributed by atoms with E-state index >= 15 is 0 Å². The molecule has 0 N–H and O–H groups in total. The Morgan fingerprint density at radius 3 is 2.50 bits per heavy atom. The predicted molar refractivity (Wildman–Crippen MR) is 73.0 cm³/mol. The zero-order valence-corrected chi connectivity index (χ0v) is 12.0. The van der Waals surface area contributed by atoms with E-state index in [1.54, 1.807) is 6.07 Å². The first kappa shape index (κ1) is 17.7. The molecule has 7 heteroatoms. The van der Waals surface area contributed by atoms with Crippen LogP contribution in [0, 0.1) is 11.8 Å². The van der Waals surface area contributed by atoms with E-state index in [1.807, 2.05) is 19.0 Å². The van der Waals surface area contributed by atoms with Crippen molar-refractivity contribution in [1.29, 1.82) is 0 Å². The molecule has 0 aliphatic carbocycles. The molecule has 0 atom stereocenters. The van der Waals surface area contributed by atoms with Gasteiger partial charge in [-0.15, -0.1) is 0 Å². The normalized spacial score (nSPS) is 10.8. The summed E-state index contributed by atoms with van der Waals surface area (Å²) in [5.74, 6) is 1.89. The van der Waals surface area contributed by atoms with Crippen LogP contribution in [-0.4, -0.2) is 43.7 Å². The van der Waals surface area contributed by atoms with E-state index in [1.165, 1.54) is 18.2 Å². The molecule has 0 saturated heterocycles. The van der Waals surface area contributed by atoms with Crippen LogP contribution in [0.4, 0.5) is 13.2 Å². The molecule has 0 amide bonds. The number of hydrogen-bond acceptors (Lipinski definition) is 4. The fourth-order valence-corrected chi connectivity index (χ4v) is 1.39. The molecule has 0 unspecified atom stereocenters. The van der Waals surface area contributed by atoms with Crippen molar-refractivity contribution < 1.29 is 27.5 Å². The highest BCUT2D eigenvalue weighted by Gasteiger charge is 2.42. The SMILES string of the molecule is CN(C)CC#CCc1cccc(C(=O)OC(=O)C(F)(F)F)c1. The van der Waals surface area contributed by atoms with Gasteiger partial charge in [-0.2, -0.15) is 13.2 Å². The Balaban J connectivity index is 2.72. The van der Waals surface area contributed by atoms with E-state index in [4.69, 9.17) is 0 Å². The molecule has 22 heavy (non-hydrogen) atoms. The monoisotopic (exact) mass is 313 g/mol. The summed E-state index contributed by atoms with van der Waals surface area (Å²) in [5, 5.41) is 0. The number of carbonyl (C=O) groups excluding carboxylic acids is 2. The number of rotatable bonds is 3. The first-order chi connectivity index (χ1) is 10.2. The van der Waals surface area contributed by atoms with Crippen molar-refractivity contribution in [2.45, 2.75) is 12.6 Å². The average molecular weight is 313 g/mol. The third-order valence-electron chi connectivity index (χ3n) is 2.39. The lowest BCUT2D eigenvalue weighted by atomic mass is 10.1. The molecule has 0 saturated carbocycles. The zero-order valence-electron chi connectivity index (χ0n) is 12.0. The lowest BCUT2D eigenvalue weighted by Gasteiger charge is -2.06. The standard InChI is InChI=1S/C15H14F3NO3/c1-19(2)9-4-3-6-11-7-5-8-12(10-11)13(20)22-14(21)15(16,17)18/h5,7-8,10H,6,9H2,1-2H3. The number of carbonyl (C=O) groups is 2. The lowest BCUT2D eigenvalue weighted by Crippen LogP contribution is -2.28. The van der Waals surface area contributed by atoms with Gasteiger partial charge in [0.25, 0.3) is 0 Å². The molecule has 0 aliphatic rings. The second kappa shape index (κ2) is 7.61. The van der Waals surface area contributed by atoms with Gasteiger partial charge in [-0.25, -0.2) is 9.59 Å². The van der Waals surface area contributed by atoms with E-state index in [2.05, 4.69) is 16.6 Å². The second-order valence-electron chi connectivity index (χ2n) is 4.64. The van der Waals surface area contributed by atoms with E-state index in [0.29, 0.717) is 18.5 Å². The highest BCUT2D eigenvalue weighted by atomic mass is 19.4. The van der Waals surface area contributed by atoms with Crippen molar-refractivity contribution in [3.8, 4) is 11.8 Å². The molecule has 0 heterocycles. The number of ether oxygens (including phenoxy) is 1. The maximum atomic E-state index is 12.0. The maximum Gasteiger partial charge on any atom is 0.491 e. The van der Waals surface area contributed by atoms with E-state index in [0.717, 1.165) is 0 Å². The van der Waals surface area contributed by atoms with Crippen LogP contribution in [-0.2, 0) is 16.0 Å². The van der Waals surface area contributed by atoms with Gasteiger partial charge in [0, 0.05) is 6.42 Å². The topological polar surface area (TPSA) is 46.6 Å². The molecule has 0 aromatic heterocycles. The van der Waals surface area contributed by atoms with Gasteiger partial charge in [0.1, 0.15) is 0 Å². The van der Waals surface area contributed by atoms with Crippen LogP contribution in [0.2, 0.25) is 0 Å².